The topological polar surface area (TPSA) is 110 Å². The number of aliphatic hydroxyl groups excluding tert-OH is 1. The number of carbonyl (C=O) groups is 1. The van der Waals surface area contributed by atoms with Crippen LogP contribution in [0.5, 0.6) is 0 Å². The normalized spacial score (nSPS) is 12.5. The predicted molar refractivity (Wildman–Crippen MR) is 77.2 cm³/mol. The van der Waals surface area contributed by atoms with Crippen molar-refractivity contribution in [1.29, 1.82) is 0 Å². The van der Waals surface area contributed by atoms with E-state index in [1.807, 2.05) is 6.92 Å². The number of nitrogens with zero attached hydrogens (tertiary/aromatic N) is 3. The number of methoxy groups -OCH3 is 1. The highest BCUT2D eigenvalue weighted by Crippen LogP contribution is 2.23. The number of aromatic nitrogens is 4. The average molecular weight is 312 g/mol. The van der Waals surface area contributed by atoms with Gasteiger partial charge in [-0.3, -0.25) is 9.59 Å². The summed E-state index contributed by atoms with van der Waals surface area (Å²) in [5.41, 5.74) is 0.0569. The van der Waals surface area contributed by atoms with Crippen molar-refractivity contribution < 1.29 is 14.6 Å². The van der Waals surface area contributed by atoms with Crippen LogP contribution in [0.1, 0.15) is 13.3 Å². The van der Waals surface area contributed by atoms with Crippen molar-refractivity contribution in [2.75, 3.05) is 13.7 Å². The van der Waals surface area contributed by atoms with Crippen molar-refractivity contribution in [3.63, 3.8) is 0 Å². The molecule has 0 bridgehead atoms. The van der Waals surface area contributed by atoms with Crippen LogP contribution >= 0.6 is 11.8 Å². The Bertz CT molecular complexity index is 696. The second-order valence-corrected chi connectivity index (χ2v) is 5.43. The standard InChI is InChI=1S/C12H16N4O4S/c1-3-8(11(19)20-2)21-12-14-9-7(10(18)15-12)6-13-16(9)4-5-17/h6,8,17H,3-5H2,1-2H3,(H,14,15,18). The number of H-pyrrole nitrogens is 1. The molecule has 0 saturated heterocycles. The number of esters is 1. The van der Waals surface area contributed by atoms with E-state index >= 15 is 0 Å². The minimum atomic E-state index is -0.440. The van der Waals surface area contributed by atoms with Crippen molar-refractivity contribution in [2.45, 2.75) is 30.3 Å². The molecule has 2 aromatic heterocycles. The molecule has 1 atom stereocenters. The summed E-state index contributed by atoms with van der Waals surface area (Å²) in [7, 11) is 1.32. The Morgan fingerprint density at radius 2 is 2.38 bits per heavy atom. The van der Waals surface area contributed by atoms with E-state index in [2.05, 4.69) is 15.1 Å². The molecule has 114 valence electrons. The molecule has 2 aromatic rings. The van der Waals surface area contributed by atoms with E-state index < -0.39 is 5.25 Å². The molecule has 0 aliphatic rings. The summed E-state index contributed by atoms with van der Waals surface area (Å²) in [5, 5.41) is 13.2. The van der Waals surface area contributed by atoms with Gasteiger partial charge in [-0.2, -0.15) is 5.10 Å². The monoisotopic (exact) mass is 312 g/mol. The first-order valence-corrected chi connectivity index (χ1v) is 7.29. The smallest absolute Gasteiger partial charge is 0.319 e. The summed E-state index contributed by atoms with van der Waals surface area (Å²) in [6.07, 6.45) is 1.96. The second kappa shape index (κ2) is 6.72. The third-order valence-electron chi connectivity index (χ3n) is 2.88. The summed E-state index contributed by atoms with van der Waals surface area (Å²) < 4.78 is 6.16. The Kier molecular flexibility index (Phi) is 4.97. The van der Waals surface area contributed by atoms with Gasteiger partial charge in [-0.15, -0.1) is 0 Å². The van der Waals surface area contributed by atoms with Crippen molar-refractivity contribution in [2.24, 2.45) is 0 Å². The molecule has 0 aliphatic carbocycles. The molecule has 0 aromatic carbocycles. The number of aliphatic hydroxyl groups is 1. The van der Waals surface area contributed by atoms with E-state index in [9.17, 15) is 9.59 Å². The predicted octanol–water partition coefficient (Wildman–Crippen LogP) is 0.156. The Morgan fingerprint density at radius 1 is 1.62 bits per heavy atom. The zero-order chi connectivity index (χ0) is 15.4. The molecule has 0 amide bonds. The summed E-state index contributed by atoms with van der Waals surface area (Å²) in [5.74, 6) is -0.367. The number of thioether (sulfide) groups is 1. The molecule has 2 rings (SSSR count). The molecule has 2 N–H and O–H groups in total. The molecule has 2 heterocycles. The molecule has 0 saturated carbocycles. The molecule has 0 aliphatic heterocycles. The first-order valence-electron chi connectivity index (χ1n) is 6.41. The number of carbonyl (C=O) groups excluding carboxylic acids is 1. The zero-order valence-corrected chi connectivity index (χ0v) is 12.5. The molecular weight excluding hydrogens is 296 g/mol. The maximum atomic E-state index is 12.0. The fourth-order valence-corrected chi connectivity index (χ4v) is 2.74. The Balaban J connectivity index is 2.38. The van der Waals surface area contributed by atoms with E-state index in [1.165, 1.54) is 18.0 Å². The van der Waals surface area contributed by atoms with E-state index in [0.29, 0.717) is 22.6 Å². The number of hydrogen-bond donors (Lipinski definition) is 2. The second-order valence-electron chi connectivity index (χ2n) is 4.24. The lowest BCUT2D eigenvalue weighted by Crippen LogP contribution is -2.19. The summed E-state index contributed by atoms with van der Waals surface area (Å²) in [4.78, 5) is 30.5. The molecule has 21 heavy (non-hydrogen) atoms. The fraction of sp³-hybridized carbons (Fsp3) is 0.500. The first kappa shape index (κ1) is 15.5. The molecule has 0 fully saturated rings. The third-order valence-corrected chi connectivity index (χ3v) is 4.11. The number of rotatable bonds is 6. The molecule has 8 nitrogen and oxygen atoms in total. The van der Waals surface area contributed by atoms with Gasteiger partial charge in [0.05, 0.1) is 26.5 Å². The Hall–Kier alpha value is -1.87. The fourth-order valence-electron chi connectivity index (χ4n) is 1.82. The van der Waals surface area contributed by atoms with Crippen LogP contribution in [0.3, 0.4) is 0 Å². The van der Waals surface area contributed by atoms with Gasteiger partial charge in [0.25, 0.3) is 5.56 Å². The van der Waals surface area contributed by atoms with Gasteiger partial charge >= 0.3 is 5.97 Å². The molecule has 9 heteroatoms. The van der Waals surface area contributed by atoms with Crippen molar-refractivity contribution in [3.05, 3.63) is 16.6 Å². The van der Waals surface area contributed by atoms with Crippen LogP contribution in [0.25, 0.3) is 11.0 Å². The van der Waals surface area contributed by atoms with Gasteiger partial charge in [0, 0.05) is 0 Å². The summed E-state index contributed by atoms with van der Waals surface area (Å²) in [6, 6.07) is 0. The SMILES string of the molecule is CCC(Sc1nc2c(cnn2CCO)c(=O)[nH]1)C(=O)OC. The third kappa shape index (κ3) is 3.24. The highest BCUT2D eigenvalue weighted by Gasteiger charge is 2.20. The number of aromatic amines is 1. The quantitative estimate of drug-likeness (QED) is 0.444. The Labute approximate surface area is 124 Å². The van der Waals surface area contributed by atoms with Gasteiger partial charge < -0.3 is 14.8 Å². The van der Waals surface area contributed by atoms with E-state index in [0.717, 1.165) is 11.8 Å². The lowest BCUT2D eigenvalue weighted by atomic mass is 10.3. The van der Waals surface area contributed by atoms with Crippen LogP contribution in [-0.2, 0) is 16.1 Å². The van der Waals surface area contributed by atoms with Crippen molar-refractivity contribution in [3.8, 4) is 0 Å². The minimum Gasteiger partial charge on any atom is -0.468 e. The van der Waals surface area contributed by atoms with Crippen LogP contribution < -0.4 is 5.56 Å². The van der Waals surface area contributed by atoms with Crippen LogP contribution in [0.15, 0.2) is 16.1 Å². The van der Waals surface area contributed by atoms with Crippen LogP contribution in [0, 0.1) is 0 Å². The van der Waals surface area contributed by atoms with Gasteiger partial charge in [-0.25, -0.2) is 9.67 Å². The number of ether oxygens (including phenoxy) is 1. The largest absolute Gasteiger partial charge is 0.468 e. The van der Waals surface area contributed by atoms with Crippen molar-refractivity contribution >= 4 is 28.8 Å². The maximum absolute atomic E-state index is 12.0. The number of hydrogen-bond acceptors (Lipinski definition) is 7. The van der Waals surface area contributed by atoms with Crippen LogP contribution in [-0.4, -0.2) is 49.8 Å². The van der Waals surface area contributed by atoms with Crippen LogP contribution in [0.4, 0.5) is 0 Å². The molecular formula is C12H16N4O4S. The highest BCUT2D eigenvalue weighted by molar-refractivity contribution is 8.00. The van der Waals surface area contributed by atoms with Gasteiger partial charge in [0.15, 0.2) is 10.8 Å². The zero-order valence-electron chi connectivity index (χ0n) is 11.7. The van der Waals surface area contributed by atoms with E-state index in [-0.39, 0.29) is 24.7 Å². The lowest BCUT2D eigenvalue weighted by Gasteiger charge is -2.11. The molecule has 0 radical (unpaired) electrons. The summed E-state index contributed by atoms with van der Waals surface area (Å²) >= 11 is 1.14. The van der Waals surface area contributed by atoms with Gasteiger partial charge in [0.2, 0.25) is 0 Å². The highest BCUT2D eigenvalue weighted by atomic mass is 32.2. The van der Waals surface area contributed by atoms with Crippen molar-refractivity contribution in [1.82, 2.24) is 19.7 Å². The van der Waals surface area contributed by atoms with Crippen LogP contribution in [0.2, 0.25) is 0 Å². The summed E-state index contributed by atoms with van der Waals surface area (Å²) in [6.45, 7) is 1.99. The van der Waals surface area contributed by atoms with E-state index in [1.54, 1.807) is 0 Å². The van der Waals surface area contributed by atoms with Gasteiger partial charge in [-0.1, -0.05) is 18.7 Å². The average Bonchev–Trinajstić information content (AvgIpc) is 2.88. The minimum absolute atomic E-state index is 0.104. The maximum Gasteiger partial charge on any atom is 0.319 e. The molecule has 0 spiro atoms. The van der Waals surface area contributed by atoms with E-state index in [4.69, 9.17) is 9.84 Å². The molecule has 1 unspecified atom stereocenters. The number of fused-ring (bicyclic) bond motifs is 1. The number of nitrogens with one attached hydrogen (secondary N) is 1. The first-order chi connectivity index (χ1) is 10.1. The Morgan fingerprint density at radius 3 is 3.00 bits per heavy atom. The lowest BCUT2D eigenvalue weighted by molar-refractivity contribution is -0.140. The van der Waals surface area contributed by atoms with Gasteiger partial charge in [0.1, 0.15) is 10.6 Å². The van der Waals surface area contributed by atoms with Gasteiger partial charge in [-0.05, 0) is 6.42 Å².